The summed E-state index contributed by atoms with van der Waals surface area (Å²) in [7, 11) is 0. The average Bonchev–Trinajstić information content (AvgIpc) is 2.66. The van der Waals surface area contributed by atoms with Gasteiger partial charge in [0.1, 0.15) is 0 Å². The molecule has 1 N–H and O–H groups in total. The van der Waals surface area contributed by atoms with Gasteiger partial charge in [0.15, 0.2) is 0 Å². The molecule has 2 bridgehead atoms. The molecule has 0 aromatic rings. The van der Waals surface area contributed by atoms with Crippen molar-refractivity contribution in [2.75, 3.05) is 32.7 Å². The molecule has 3 nitrogen and oxygen atoms in total. The molecular weight excluding hydrogens is 234 g/mol. The summed E-state index contributed by atoms with van der Waals surface area (Å²) in [5.74, 6) is 0. The summed E-state index contributed by atoms with van der Waals surface area (Å²) in [6.45, 7) is 12.9. The fourth-order valence-corrected chi connectivity index (χ4v) is 4.11. The first-order chi connectivity index (χ1) is 9.28. The van der Waals surface area contributed by atoms with Crippen LogP contribution in [0.4, 0.5) is 0 Å². The van der Waals surface area contributed by atoms with E-state index in [1.165, 1.54) is 58.3 Å². The number of rotatable bonds is 8. The van der Waals surface area contributed by atoms with Crippen LogP contribution < -0.4 is 5.32 Å². The molecule has 2 aliphatic rings. The van der Waals surface area contributed by atoms with Crippen molar-refractivity contribution in [3.8, 4) is 0 Å². The van der Waals surface area contributed by atoms with Gasteiger partial charge in [-0.1, -0.05) is 20.8 Å². The van der Waals surface area contributed by atoms with Crippen molar-refractivity contribution in [3.05, 3.63) is 0 Å². The Bertz CT molecular complexity index is 238. The van der Waals surface area contributed by atoms with Crippen molar-refractivity contribution in [1.29, 1.82) is 0 Å². The van der Waals surface area contributed by atoms with E-state index in [1.807, 2.05) is 0 Å². The molecule has 2 saturated heterocycles. The van der Waals surface area contributed by atoms with E-state index in [2.05, 4.69) is 35.9 Å². The number of hydrogen-bond acceptors (Lipinski definition) is 3. The maximum atomic E-state index is 3.66. The number of nitrogens with one attached hydrogen (secondary N) is 1. The van der Waals surface area contributed by atoms with Crippen LogP contribution in [0.5, 0.6) is 0 Å². The Hall–Kier alpha value is -0.120. The molecule has 2 rings (SSSR count). The van der Waals surface area contributed by atoms with Gasteiger partial charge in [-0.15, -0.1) is 0 Å². The van der Waals surface area contributed by atoms with Gasteiger partial charge < -0.3 is 10.2 Å². The van der Waals surface area contributed by atoms with Crippen LogP contribution in [0.15, 0.2) is 0 Å². The largest absolute Gasteiger partial charge is 0.314 e. The lowest BCUT2D eigenvalue weighted by Gasteiger charge is -2.39. The summed E-state index contributed by atoms with van der Waals surface area (Å²) in [6.07, 6.45) is 7.00. The molecule has 112 valence electrons. The zero-order chi connectivity index (χ0) is 13.7. The van der Waals surface area contributed by atoms with E-state index < -0.39 is 0 Å². The monoisotopic (exact) mass is 267 g/mol. The molecule has 0 spiro atoms. The van der Waals surface area contributed by atoms with Gasteiger partial charge in [0.05, 0.1) is 0 Å². The zero-order valence-electron chi connectivity index (χ0n) is 13.2. The highest BCUT2D eigenvalue weighted by Crippen LogP contribution is 2.35. The second-order valence-electron chi connectivity index (χ2n) is 6.23. The van der Waals surface area contributed by atoms with Crippen molar-refractivity contribution in [2.45, 2.75) is 71.0 Å². The lowest BCUT2D eigenvalue weighted by Crippen LogP contribution is -2.49. The van der Waals surface area contributed by atoms with E-state index in [0.717, 1.165) is 24.7 Å². The highest BCUT2D eigenvalue weighted by atomic mass is 15.2. The third kappa shape index (κ3) is 3.93. The van der Waals surface area contributed by atoms with Crippen molar-refractivity contribution in [1.82, 2.24) is 15.1 Å². The van der Waals surface area contributed by atoms with Crippen LogP contribution in [0, 0.1) is 0 Å². The van der Waals surface area contributed by atoms with Gasteiger partial charge in [0.2, 0.25) is 0 Å². The third-order valence-corrected chi connectivity index (χ3v) is 5.16. The molecule has 0 amide bonds. The van der Waals surface area contributed by atoms with Crippen molar-refractivity contribution in [2.24, 2.45) is 0 Å². The Labute approximate surface area is 119 Å². The molecular formula is C16H33N3. The van der Waals surface area contributed by atoms with Gasteiger partial charge in [-0.25, -0.2) is 0 Å². The van der Waals surface area contributed by atoms with Crippen molar-refractivity contribution in [3.63, 3.8) is 0 Å². The Morgan fingerprint density at radius 1 is 1.05 bits per heavy atom. The Kier molecular flexibility index (Phi) is 6.11. The highest BCUT2D eigenvalue weighted by Gasteiger charge is 2.39. The smallest absolute Gasteiger partial charge is 0.0114 e. The molecule has 0 saturated carbocycles. The van der Waals surface area contributed by atoms with E-state index in [4.69, 9.17) is 0 Å². The zero-order valence-corrected chi connectivity index (χ0v) is 13.2. The predicted molar refractivity (Wildman–Crippen MR) is 82.6 cm³/mol. The van der Waals surface area contributed by atoms with Crippen molar-refractivity contribution < 1.29 is 0 Å². The quantitative estimate of drug-likeness (QED) is 0.728. The summed E-state index contributed by atoms with van der Waals surface area (Å²) in [4.78, 5) is 5.38. The first-order valence-electron chi connectivity index (χ1n) is 8.49. The van der Waals surface area contributed by atoms with E-state index in [-0.39, 0.29) is 0 Å². The van der Waals surface area contributed by atoms with Crippen LogP contribution >= 0.6 is 0 Å². The highest BCUT2D eigenvalue weighted by molar-refractivity contribution is 4.97. The fourth-order valence-electron chi connectivity index (χ4n) is 4.11. The van der Waals surface area contributed by atoms with Gasteiger partial charge in [0.25, 0.3) is 0 Å². The molecule has 3 heteroatoms. The number of fused-ring (bicyclic) bond motifs is 2. The Balaban J connectivity index is 1.74. The van der Waals surface area contributed by atoms with Gasteiger partial charge >= 0.3 is 0 Å². The van der Waals surface area contributed by atoms with E-state index in [1.54, 1.807) is 0 Å². The first-order valence-corrected chi connectivity index (χ1v) is 8.49. The second-order valence-corrected chi connectivity index (χ2v) is 6.23. The topological polar surface area (TPSA) is 18.5 Å². The summed E-state index contributed by atoms with van der Waals surface area (Å²) in [5.41, 5.74) is 0. The number of piperidine rings is 1. The lowest BCUT2D eigenvalue weighted by molar-refractivity contribution is 0.111. The van der Waals surface area contributed by atoms with Gasteiger partial charge in [-0.05, 0) is 64.8 Å². The van der Waals surface area contributed by atoms with Crippen LogP contribution in [-0.4, -0.2) is 60.6 Å². The van der Waals surface area contributed by atoms with E-state index in [9.17, 15) is 0 Å². The van der Waals surface area contributed by atoms with Crippen LogP contribution in [0.1, 0.15) is 52.9 Å². The molecule has 2 fully saturated rings. The molecule has 19 heavy (non-hydrogen) atoms. The maximum Gasteiger partial charge on any atom is 0.0114 e. The molecule has 0 aliphatic carbocycles. The minimum Gasteiger partial charge on any atom is -0.314 e. The summed E-state index contributed by atoms with van der Waals surface area (Å²) < 4.78 is 0. The normalized spacial score (nSPS) is 31.3. The minimum atomic E-state index is 0.793. The van der Waals surface area contributed by atoms with Crippen LogP contribution in [-0.2, 0) is 0 Å². The minimum absolute atomic E-state index is 0.793. The van der Waals surface area contributed by atoms with Gasteiger partial charge in [-0.3, -0.25) is 4.90 Å². The van der Waals surface area contributed by atoms with E-state index >= 15 is 0 Å². The second kappa shape index (κ2) is 7.61. The molecule has 0 aromatic carbocycles. The predicted octanol–water partition coefficient (Wildman–Crippen LogP) is 2.32. The Morgan fingerprint density at radius 3 is 2.21 bits per heavy atom. The summed E-state index contributed by atoms with van der Waals surface area (Å²) in [6, 6.07) is 2.54. The molecule has 0 radical (unpaired) electrons. The maximum absolute atomic E-state index is 3.66. The molecule has 0 aromatic heterocycles. The SMILES string of the molecule is CCNC1CC2CCC(C1)N2CCCN(CC)CC. The molecule has 2 aliphatic heterocycles. The summed E-state index contributed by atoms with van der Waals surface area (Å²) in [5, 5.41) is 3.66. The van der Waals surface area contributed by atoms with E-state index in [0.29, 0.717) is 0 Å². The molecule has 2 heterocycles. The van der Waals surface area contributed by atoms with Gasteiger partial charge in [0, 0.05) is 18.1 Å². The summed E-state index contributed by atoms with van der Waals surface area (Å²) >= 11 is 0. The average molecular weight is 267 g/mol. The third-order valence-electron chi connectivity index (χ3n) is 5.16. The Morgan fingerprint density at radius 2 is 1.68 bits per heavy atom. The number of nitrogens with zero attached hydrogens (tertiary/aromatic N) is 2. The fraction of sp³-hybridized carbons (Fsp3) is 1.00. The first kappa shape index (κ1) is 15.3. The van der Waals surface area contributed by atoms with Crippen LogP contribution in [0.2, 0.25) is 0 Å². The van der Waals surface area contributed by atoms with Crippen LogP contribution in [0.3, 0.4) is 0 Å². The molecule has 2 unspecified atom stereocenters. The van der Waals surface area contributed by atoms with Crippen LogP contribution in [0.25, 0.3) is 0 Å². The number of hydrogen-bond donors (Lipinski definition) is 1. The molecule has 2 atom stereocenters. The standard InChI is InChI=1S/C16H33N3/c1-4-17-14-12-15-8-9-16(13-14)19(15)11-7-10-18(5-2)6-3/h14-17H,4-13H2,1-3H3. The van der Waals surface area contributed by atoms with Gasteiger partial charge in [-0.2, -0.15) is 0 Å². The van der Waals surface area contributed by atoms with Crippen molar-refractivity contribution >= 4 is 0 Å². The lowest BCUT2D eigenvalue weighted by atomic mass is 9.97.